The molecule has 0 spiro atoms. The lowest BCUT2D eigenvalue weighted by molar-refractivity contribution is -0.116. The highest BCUT2D eigenvalue weighted by Crippen LogP contribution is 2.42. The zero-order valence-electron chi connectivity index (χ0n) is 14.7. The number of carbonyl (C=O) groups is 2. The molecule has 0 aliphatic carbocycles. The summed E-state index contributed by atoms with van der Waals surface area (Å²) in [7, 11) is 1.59. The van der Waals surface area contributed by atoms with Crippen molar-refractivity contribution in [3.8, 4) is 11.4 Å². The lowest BCUT2D eigenvalue weighted by Gasteiger charge is -2.26. The number of methoxy groups -OCH3 is 1. The number of ether oxygens (including phenoxy) is 1. The number of carbonyl (C=O) groups excluding carboxylic acids is 1. The van der Waals surface area contributed by atoms with Gasteiger partial charge in [0.1, 0.15) is 11.3 Å². The third-order valence-corrected chi connectivity index (χ3v) is 4.79. The van der Waals surface area contributed by atoms with Crippen LogP contribution in [0.5, 0.6) is 5.75 Å². The maximum Gasteiger partial charge on any atom is 0.339 e. The second kappa shape index (κ2) is 6.64. The molecular formula is C21H18N2O4. The third kappa shape index (κ3) is 2.95. The van der Waals surface area contributed by atoms with Gasteiger partial charge in [0.05, 0.1) is 18.5 Å². The van der Waals surface area contributed by atoms with Crippen molar-refractivity contribution in [2.75, 3.05) is 12.4 Å². The minimum absolute atomic E-state index is 0.0785. The number of aromatic nitrogens is 1. The van der Waals surface area contributed by atoms with E-state index in [2.05, 4.69) is 5.32 Å². The van der Waals surface area contributed by atoms with Gasteiger partial charge >= 0.3 is 5.97 Å². The fraction of sp³-hybridized carbons (Fsp3) is 0.143. The number of benzene rings is 2. The number of carboxylic acid groups (broad SMARTS) is 1. The van der Waals surface area contributed by atoms with Crippen molar-refractivity contribution in [2.24, 2.45) is 0 Å². The van der Waals surface area contributed by atoms with Gasteiger partial charge in [-0.3, -0.25) is 4.79 Å². The van der Waals surface area contributed by atoms with E-state index in [9.17, 15) is 14.7 Å². The average molecular weight is 362 g/mol. The summed E-state index contributed by atoms with van der Waals surface area (Å²) in [6, 6.07) is 17.0. The molecule has 0 radical (unpaired) electrons. The summed E-state index contributed by atoms with van der Waals surface area (Å²) >= 11 is 0. The summed E-state index contributed by atoms with van der Waals surface area (Å²) in [5.74, 6) is -0.871. The summed E-state index contributed by atoms with van der Waals surface area (Å²) in [6.45, 7) is 0. The molecule has 6 heteroatoms. The molecule has 27 heavy (non-hydrogen) atoms. The van der Waals surface area contributed by atoms with Crippen LogP contribution >= 0.6 is 0 Å². The highest BCUT2D eigenvalue weighted by atomic mass is 16.5. The van der Waals surface area contributed by atoms with Gasteiger partial charge in [-0.15, -0.1) is 0 Å². The predicted octanol–water partition coefficient (Wildman–Crippen LogP) is 3.66. The summed E-state index contributed by atoms with van der Waals surface area (Å²) < 4.78 is 7.17. The highest BCUT2D eigenvalue weighted by Gasteiger charge is 2.34. The van der Waals surface area contributed by atoms with Gasteiger partial charge in [-0.25, -0.2) is 4.79 Å². The van der Waals surface area contributed by atoms with Crippen molar-refractivity contribution < 1.29 is 19.4 Å². The number of hydrogen-bond acceptors (Lipinski definition) is 3. The van der Waals surface area contributed by atoms with Gasteiger partial charge in [0.15, 0.2) is 0 Å². The van der Waals surface area contributed by atoms with Gasteiger partial charge in [0, 0.05) is 24.2 Å². The number of anilines is 1. The summed E-state index contributed by atoms with van der Waals surface area (Å²) in [6.07, 6.45) is 1.80. The first-order valence-electron chi connectivity index (χ1n) is 8.56. The van der Waals surface area contributed by atoms with Crippen LogP contribution in [0.1, 0.15) is 34.0 Å². The zero-order chi connectivity index (χ0) is 19.0. The number of carboxylic acids is 1. The van der Waals surface area contributed by atoms with E-state index in [1.165, 1.54) is 0 Å². The van der Waals surface area contributed by atoms with E-state index in [4.69, 9.17) is 4.74 Å². The van der Waals surface area contributed by atoms with Crippen LogP contribution in [0.2, 0.25) is 0 Å². The van der Waals surface area contributed by atoms with E-state index < -0.39 is 5.97 Å². The molecule has 0 saturated carbocycles. The Labute approximate surface area is 156 Å². The summed E-state index contributed by atoms with van der Waals surface area (Å²) in [5, 5.41) is 12.4. The molecule has 0 fully saturated rings. The Hall–Kier alpha value is -3.54. The number of aromatic carboxylic acids is 1. The Balaban J connectivity index is 1.96. The molecule has 0 bridgehead atoms. The van der Waals surface area contributed by atoms with E-state index in [1.807, 2.05) is 59.2 Å². The third-order valence-electron chi connectivity index (χ3n) is 4.79. The number of rotatable bonds is 4. The molecule has 2 heterocycles. The second-order valence-electron chi connectivity index (χ2n) is 6.40. The van der Waals surface area contributed by atoms with Crippen molar-refractivity contribution in [1.29, 1.82) is 0 Å². The molecule has 1 amide bonds. The van der Waals surface area contributed by atoms with Crippen LogP contribution < -0.4 is 10.1 Å². The summed E-state index contributed by atoms with van der Waals surface area (Å²) in [4.78, 5) is 24.1. The first-order chi connectivity index (χ1) is 13.1. The van der Waals surface area contributed by atoms with Crippen LogP contribution in [0.3, 0.4) is 0 Å². The zero-order valence-corrected chi connectivity index (χ0v) is 14.7. The molecule has 2 N–H and O–H groups in total. The van der Waals surface area contributed by atoms with Crippen LogP contribution in [-0.2, 0) is 4.79 Å². The smallest absolute Gasteiger partial charge is 0.339 e. The number of nitrogens with zero attached hydrogens (tertiary/aromatic N) is 1. The number of nitrogens with one attached hydrogen (secondary N) is 1. The molecule has 1 unspecified atom stereocenters. The Kier molecular flexibility index (Phi) is 4.16. The molecule has 0 saturated heterocycles. The molecule has 1 aromatic heterocycles. The van der Waals surface area contributed by atoms with Gasteiger partial charge in [0.25, 0.3) is 0 Å². The number of fused-ring (bicyclic) bond motifs is 1. The number of para-hydroxylation sites is 1. The monoisotopic (exact) mass is 362 g/mol. The van der Waals surface area contributed by atoms with Crippen molar-refractivity contribution >= 4 is 17.6 Å². The second-order valence-corrected chi connectivity index (χ2v) is 6.40. The van der Waals surface area contributed by atoms with Crippen molar-refractivity contribution in [3.05, 3.63) is 77.6 Å². The van der Waals surface area contributed by atoms with Gasteiger partial charge in [-0.1, -0.05) is 30.3 Å². The lowest BCUT2D eigenvalue weighted by Crippen LogP contribution is -2.25. The van der Waals surface area contributed by atoms with Crippen molar-refractivity contribution in [3.63, 3.8) is 0 Å². The molecule has 1 aliphatic rings. The van der Waals surface area contributed by atoms with E-state index >= 15 is 0 Å². The molecule has 4 rings (SSSR count). The molecule has 1 atom stereocenters. The molecule has 2 aromatic carbocycles. The Morgan fingerprint density at radius 3 is 2.67 bits per heavy atom. The van der Waals surface area contributed by atoms with Crippen LogP contribution in [-0.4, -0.2) is 28.7 Å². The highest BCUT2D eigenvalue weighted by molar-refractivity contribution is 6.04. The standard InChI is InChI=1S/C21H18N2O4/c1-27-15-9-5-6-13(10-15)16-11-18(24)22-19-17(21(25)26)12-23(20(16)19)14-7-3-2-4-8-14/h2-10,12,16H,11H2,1H3,(H,22,24)(H,25,26). The lowest BCUT2D eigenvalue weighted by atomic mass is 9.88. The maximum absolute atomic E-state index is 12.3. The first kappa shape index (κ1) is 16.9. The largest absolute Gasteiger partial charge is 0.497 e. The fourth-order valence-corrected chi connectivity index (χ4v) is 3.57. The molecule has 3 aromatic rings. The van der Waals surface area contributed by atoms with Gasteiger partial charge in [-0.05, 0) is 29.8 Å². The summed E-state index contributed by atoms with van der Waals surface area (Å²) in [5.41, 5.74) is 2.93. The van der Waals surface area contributed by atoms with Crippen LogP contribution in [0.25, 0.3) is 5.69 Å². The van der Waals surface area contributed by atoms with E-state index in [0.29, 0.717) is 11.4 Å². The quantitative estimate of drug-likeness (QED) is 0.742. The maximum atomic E-state index is 12.3. The van der Waals surface area contributed by atoms with Crippen molar-refractivity contribution in [2.45, 2.75) is 12.3 Å². The number of amides is 1. The number of hydrogen-bond donors (Lipinski definition) is 2. The molecule has 136 valence electrons. The van der Waals surface area contributed by atoms with E-state index in [-0.39, 0.29) is 23.8 Å². The molecule has 6 nitrogen and oxygen atoms in total. The SMILES string of the molecule is COc1cccc(C2CC(=O)Nc3c(C(=O)O)cn(-c4ccccc4)c32)c1. The van der Waals surface area contributed by atoms with Crippen LogP contribution in [0, 0.1) is 0 Å². The van der Waals surface area contributed by atoms with Crippen LogP contribution in [0.4, 0.5) is 5.69 Å². The molecule has 1 aliphatic heterocycles. The van der Waals surface area contributed by atoms with Gasteiger partial charge in [0.2, 0.25) is 5.91 Å². The Bertz CT molecular complexity index is 1020. The average Bonchev–Trinajstić information content (AvgIpc) is 3.07. The predicted molar refractivity (Wildman–Crippen MR) is 101 cm³/mol. The Morgan fingerprint density at radius 1 is 1.19 bits per heavy atom. The normalized spacial score (nSPS) is 15.7. The van der Waals surface area contributed by atoms with E-state index in [0.717, 1.165) is 16.9 Å². The topological polar surface area (TPSA) is 80.6 Å². The first-order valence-corrected chi connectivity index (χ1v) is 8.56. The Morgan fingerprint density at radius 2 is 1.96 bits per heavy atom. The van der Waals surface area contributed by atoms with Crippen molar-refractivity contribution in [1.82, 2.24) is 4.57 Å². The van der Waals surface area contributed by atoms with Gasteiger partial charge < -0.3 is 19.7 Å². The molecular weight excluding hydrogens is 344 g/mol. The van der Waals surface area contributed by atoms with Crippen LogP contribution in [0.15, 0.2) is 60.8 Å². The van der Waals surface area contributed by atoms with Gasteiger partial charge in [-0.2, -0.15) is 0 Å². The minimum Gasteiger partial charge on any atom is -0.497 e. The fourth-order valence-electron chi connectivity index (χ4n) is 3.57. The van der Waals surface area contributed by atoms with E-state index in [1.54, 1.807) is 13.3 Å². The minimum atomic E-state index is -1.08.